The van der Waals surface area contributed by atoms with E-state index in [4.69, 9.17) is 4.98 Å². The van der Waals surface area contributed by atoms with Gasteiger partial charge in [0.05, 0.1) is 22.9 Å². The van der Waals surface area contributed by atoms with Gasteiger partial charge >= 0.3 is 0 Å². The van der Waals surface area contributed by atoms with Gasteiger partial charge in [0.15, 0.2) is 11.5 Å². The molecule has 1 fully saturated rings. The molecule has 0 amide bonds. The molecule has 228 valence electrons. The Hall–Kier alpha value is -4.89. The van der Waals surface area contributed by atoms with Gasteiger partial charge in [-0.2, -0.15) is 5.10 Å². The van der Waals surface area contributed by atoms with Gasteiger partial charge in [0.2, 0.25) is 0 Å². The molecule has 0 bridgehead atoms. The van der Waals surface area contributed by atoms with Crippen molar-refractivity contribution in [3.8, 4) is 33.8 Å². The zero-order chi connectivity index (χ0) is 30.8. The standard InChI is InChI=1S/C36H37FN8/c1-3-7-23(2)40-29-19-27(21-38-22-29)25-9-10-32-31(20-25)34(44-43-32)36-41-33-30(11-12-39-35(33)42-36)26-16-24(17-28(37)18-26)8-6-15-45-13-4-5-14-45/h9-12,16-22,40H,2-8,13-15H2,1H3,(H,43,44)(H,39,41,42). The largest absolute Gasteiger partial charge is 0.358 e. The Bertz CT molecular complexity index is 1980. The fourth-order valence-corrected chi connectivity index (χ4v) is 6.34. The fraction of sp³-hybridized carbons (Fsp3) is 0.278. The molecule has 0 spiro atoms. The van der Waals surface area contributed by atoms with E-state index in [1.54, 1.807) is 24.5 Å². The van der Waals surface area contributed by atoms with Crippen LogP contribution >= 0.6 is 0 Å². The number of aromatic nitrogens is 6. The van der Waals surface area contributed by atoms with Gasteiger partial charge in [-0.1, -0.05) is 32.1 Å². The number of aromatic amines is 2. The molecular weight excluding hydrogens is 563 g/mol. The minimum atomic E-state index is -0.234. The third-order valence-electron chi connectivity index (χ3n) is 8.53. The summed E-state index contributed by atoms with van der Waals surface area (Å²) in [5.41, 5.74) is 9.43. The smallest absolute Gasteiger partial charge is 0.178 e. The summed E-state index contributed by atoms with van der Waals surface area (Å²) in [6.07, 6.45) is 11.7. The molecule has 6 aromatic rings. The first-order valence-corrected chi connectivity index (χ1v) is 15.8. The van der Waals surface area contributed by atoms with Gasteiger partial charge in [0.1, 0.15) is 11.5 Å². The maximum absolute atomic E-state index is 14.9. The van der Waals surface area contributed by atoms with Gasteiger partial charge in [0.25, 0.3) is 0 Å². The number of halogens is 1. The average Bonchev–Trinajstić information content (AvgIpc) is 3.80. The Balaban J connectivity index is 1.19. The Morgan fingerprint density at radius 1 is 1.02 bits per heavy atom. The number of hydrogen-bond donors (Lipinski definition) is 3. The predicted molar refractivity (Wildman–Crippen MR) is 179 cm³/mol. The predicted octanol–water partition coefficient (Wildman–Crippen LogP) is 8.12. The van der Waals surface area contributed by atoms with Crippen molar-refractivity contribution in [3.05, 3.63) is 90.8 Å². The number of imidazole rings is 1. The van der Waals surface area contributed by atoms with Crippen LogP contribution in [0.2, 0.25) is 0 Å². The number of benzene rings is 2. The van der Waals surface area contributed by atoms with Gasteiger partial charge in [-0.15, -0.1) is 0 Å². The maximum Gasteiger partial charge on any atom is 0.178 e. The highest BCUT2D eigenvalue weighted by atomic mass is 19.1. The lowest BCUT2D eigenvalue weighted by molar-refractivity contribution is 0.334. The molecular formula is C36H37FN8. The van der Waals surface area contributed by atoms with E-state index in [9.17, 15) is 4.39 Å². The number of pyridine rings is 2. The fourth-order valence-electron chi connectivity index (χ4n) is 6.34. The van der Waals surface area contributed by atoms with Gasteiger partial charge in [-0.3, -0.25) is 10.1 Å². The molecule has 0 radical (unpaired) electrons. The number of likely N-dealkylation sites (tertiary alicyclic amines) is 1. The molecule has 1 saturated heterocycles. The molecule has 8 nitrogen and oxygen atoms in total. The summed E-state index contributed by atoms with van der Waals surface area (Å²) in [6, 6.07) is 15.5. The van der Waals surface area contributed by atoms with Crippen LogP contribution in [0.15, 0.2) is 79.4 Å². The molecule has 9 heteroatoms. The van der Waals surface area contributed by atoms with Crippen molar-refractivity contribution in [2.24, 2.45) is 0 Å². The molecule has 0 saturated carbocycles. The van der Waals surface area contributed by atoms with Crippen LogP contribution in [0, 0.1) is 5.82 Å². The minimum Gasteiger partial charge on any atom is -0.358 e. The van der Waals surface area contributed by atoms with Crippen LogP contribution < -0.4 is 5.32 Å². The summed E-state index contributed by atoms with van der Waals surface area (Å²) in [5.74, 6) is 0.364. The molecule has 3 N–H and O–H groups in total. The van der Waals surface area contributed by atoms with Crippen LogP contribution in [0.3, 0.4) is 0 Å². The average molecular weight is 601 g/mol. The molecule has 1 aliphatic rings. The molecule has 5 heterocycles. The second-order valence-corrected chi connectivity index (χ2v) is 11.9. The lowest BCUT2D eigenvalue weighted by atomic mass is 10.0. The van der Waals surface area contributed by atoms with Crippen molar-refractivity contribution >= 4 is 27.8 Å². The molecule has 0 unspecified atom stereocenters. The third kappa shape index (κ3) is 6.21. The molecule has 0 aliphatic carbocycles. The topological polar surface area (TPSA) is 98.4 Å². The second-order valence-electron chi connectivity index (χ2n) is 11.9. The number of anilines is 1. The zero-order valence-corrected chi connectivity index (χ0v) is 25.5. The second kappa shape index (κ2) is 12.6. The first-order chi connectivity index (χ1) is 22.0. The lowest BCUT2D eigenvalue weighted by Crippen LogP contribution is -2.20. The lowest BCUT2D eigenvalue weighted by Gasteiger charge is -2.14. The number of nitrogens with zero attached hydrogens (tertiary/aromatic N) is 5. The highest BCUT2D eigenvalue weighted by Crippen LogP contribution is 2.33. The monoisotopic (exact) mass is 600 g/mol. The van der Waals surface area contributed by atoms with Gasteiger partial charge in [0, 0.05) is 34.6 Å². The summed E-state index contributed by atoms with van der Waals surface area (Å²) in [7, 11) is 0. The number of hydrogen-bond acceptors (Lipinski definition) is 6. The normalized spacial score (nSPS) is 13.6. The third-order valence-corrected chi connectivity index (χ3v) is 8.53. The van der Waals surface area contributed by atoms with Crippen molar-refractivity contribution in [2.75, 3.05) is 25.0 Å². The van der Waals surface area contributed by atoms with E-state index in [1.165, 1.54) is 25.9 Å². The Kier molecular flexibility index (Phi) is 8.09. The first kappa shape index (κ1) is 28.9. The molecule has 0 atom stereocenters. The van der Waals surface area contributed by atoms with Crippen LogP contribution in [0.25, 0.3) is 55.8 Å². The Labute approximate surface area is 261 Å². The Morgan fingerprint density at radius 3 is 2.78 bits per heavy atom. The van der Waals surface area contributed by atoms with E-state index in [2.05, 4.69) is 73.1 Å². The highest BCUT2D eigenvalue weighted by molar-refractivity contribution is 5.97. The summed E-state index contributed by atoms with van der Waals surface area (Å²) in [5, 5.41) is 12.0. The summed E-state index contributed by atoms with van der Waals surface area (Å²) < 4.78 is 14.9. The SMILES string of the molecule is C=C(CCC)Nc1cncc(-c2ccc3[nH]nc(-c4nc5nccc(-c6cc(F)cc(CCCN7CCCC7)c6)c5[nH]4)c3c2)c1. The highest BCUT2D eigenvalue weighted by Gasteiger charge is 2.18. The quantitative estimate of drug-likeness (QED) is 0.139. The van der Waals surface area contributed by atoms with Gasteiger partial charge in [-0.05, 0) is 105 Å². The molecule has 1 aliphatic heterocycles. The van der Waals surface area contributed by atoms with E-state index in [-0.39, 0.29) is 5.82 Å². The van der Waals surface area contributed by atoms with Crippen LogP contribution in [0.4, 0.5) is 10.1 Å². The van der Waals surface area contributed by atoms with Crippen molar-refractivity contribution in [1.82, 2.24) is 35.0 Å². The van der Waals surface area contributed by atoms with E-state index < -0.39 is 0 Å². The number of aryl methyl sites for hydroxylation is 1. The van der Waals surface area contributed by atoms with E-state index in [0.717, 1.165) is 87.8 Å². The van der Waals surface area contributed by atoms with Gasteiger partial charge < -0.3 is 15.2 Å². The molecule has 4 aromatic heterocycles. The first-order valence-electron chi connectivity index (χ1n) is 15.8. The van der Waals surface area contributed by atoms with Crippen LogP contribution in [-0.4, -0.2) is 54.7 Å². The summed E-state index contributed by atoms with van der Waals surface area (Å²) in [4.78, 5) is 19.8. The minimum absolute atomic E-state index is 0.234. The number of rotatable bonds is 11. The zero-order valence-electron chi connectivity index (χ0n) is 25.5. The number of nitrogens with one attached hydrogen (secondary N) is 3. The molecule has 45 heavy (non-hydrogen) atoms. The van der Waals surface area contributed by atoms with Crippen molar-refractivity contribution < 1.29 is 4.39 Å². The van der Waals surface area contributed by atoms with Crippen molar-refractivity contribution in [1.29, 1.82) is 0 Å². The van der Waals surface area contributed by atoms with E-state index in [0.29, 0.717) is 17.2 Å². The summed E-state index contributed by atoms with van der Waals surface area (Å²) >= 11 is 0. The Morgan fingerprint density at radius 2 is 1.91 bits per heavy atom. The number of fused-ring (bicyclic) bond motifs is 2. The maximum atomic E-state index is 14.9. The van der Waals surface area contributed by atoms with Crippen LogP contribution in [0.5, 0.6) is 0 Å². The number of H-pyrrole nitrogens is 2. The van der Waals surface area contributed by atoms with Crippen molar-refractivity contribution in [3.63, 3.8) is 0 Å². The van der Waals surface area contributed by atoms with Crippen molar-refractivity contribution in [2.45, 2.75) is 45.4 Å². The molecule has 2 aromatic carbocycles. The summed E-state index contributed by atoms with van der Waals surface area (Å²) in [6.45, 7) is 9.65. The van der Waals surface area contributed by atoms with Crippen LogP contribution in [-0.2, 0) is 6.42 Å². The van der Waals surface area contributed by atoms with Gasteiger partial charge in [-0.25, -0.2) is 14.4 Å². The van der Waals surface area contributed by atoms with E-state index >= 15 is 0 Å². The molecule has 7 rings (SSSR count). The van der Waals surface area contributed by atoms with E-state index in [1.807, 2.05) is 18.3 Å². The number of allylic oxidation sites excluding steroid dienone is 1. The van der Waals surface area contributed by atoms with Crippen LogP contribution in [0.1, 0.15) is 44.6 Å².